The molecule has 0 aliphatic carbocycles. The minimum absolute atomic E-state index is 0.198. The number of hydrogen-bond donors (Lipinski definition) is 2. The third-order valence-electron chi connectivity index (χ3n) is 2.66. The zero-order chi connectivity index (χ0) is 14.6. The number of nitrogens with zero attached hydrogens (tertiary/aromatic N) is 1. The maximum Gasteiger partial charge on any atom is 0.296 e. The molecule has 0 unspecified atom stereocenters. The molecule has 2 N–H and O–H groups in total. The van der Waals surface area contributed by atoms with E-state index in [0.29, 0.717) is 19.0 Å². The second-order valence-electron chi connectivity index (χ2n) is 5.71. The van der Waals surface area contributed by atoms with Gasteiger partial charge in [-0.25, -0.2) is 0 Å². The van der Waals surface area contributed by atoms with Crippen molar-refractivity contribution in [3.05, 3.63) is 12.4 Å². The molecule has 1 aliphatic heterocycles. The Morgan fingerprint density at radius 2 is 2.35 bits per heavy atom. The first-order chi connectivity index (χ1) is 9.44. The summed E-state index contributed by atoms with van der Waals surface area (Å²) in [7, 11) is 0. The first-order valence-electron chi connectivity index (χ1n) is 6.51. The molecule has 0 spiro atoms. The van der Waals surface area contributed by atoms with Gasteiger partial charge in [-0.2, -0.15) is 5.10 Å². The van der Waals surface area contributed by atoms with Gasteiger partial charge in [0, 0.05) is 5.41 Å². The Kier molecular flexibility index (Phi) is 4.30. The summed E-state index contributed by atoms with van der Waals surface area (Å²) in [6.07, 6.45) is 3.00. The molecule has 6 heteroatoms. The molecule has 1 aliphatic rings. The summed E-state index contributed by atoms with van der Waals surface area (Å²) in [6.45, 7) is 6.72. The number of hydrogen-bond acceptors (Lipinski definition) is 4. The van der Waals surface area contributed by atoms with Gasteiger partial charge in [-0.05, 0) is 26.7 Å². The average Bonchev–Trinajstić information content (AvgIpc) is 2.99. The lowest BCUT2D eigenvalue weighted by Crippen LogP contribution is -2.44. The Labute approximate surface area is 118 Å². The Hall–Kier alpha value is -2.00. The van der Waals surface area contributed by atoms with Crippen LogP contribution in [0, 0.1) is 17.3 Å². The van der Waals surface area contributed by atoms with Gasteiger partial charge in [0.1, 0.15) is 6.10 Å². The van der Waals surface area contributed by atoms with E-state index in [0.717, 1.165) is 0 Å². The van der Waals surface area contributed by atoms with E-state index in [4.69, 9.17) is 9.47 Å². The Balaban J connectivity index is 1.90. The number of aromatic amines is 1. The Morgan fingerprint density at radius 3 is 3.00 bits per heavy atom. The number of amides is 1. The molecule has 0 saturated carbocycles. The molecule has 0 radical (unpaired) electrons. The van der Waals surface area contributed by atoms with Gasteiger partial charge in [-0.3, -0.25) is 9.89 Å². The molecule has 1 fully saturated rings. The number of carbonyl (C=O) groups excluding carboxylic acids is 1. The highest BCUT2D eigenvalue weighted by Crippen LogP contribution is 2.15. The molecule has 1 aromatic rings. The fraction of sp³-hybridized carbons (Fsp3) is 0.571. The van der Waals surface area contributed by atoms with Crippen molar-refractivity contribution in [2.75, 3.05) is 13.2 Å². The zero-order valence-electron chi connectivity index (χ0n) is 11.9. The van der Waals surface area contributed by atoms with Crippen molar-refractivity contribution in [2.24, 2.45) is 5.41 Å². The number of ether oxygens (including phenoxy) is 2. The van der Waals surface area contributed by atoms with Crippen LogP contribution in [0.25, 0.3) is 0 Å². The first-order valence-corrected chi connectivity index (χ1v) is 6.51. The lowest BCUT2D eigenvalue weighted by Gasteiger charge is -2.18. The fourth-order valence-corrected chi connectivity index (χ4v) is 1.71. The molecule has 2 rings (SSSR count). The molecule has 0 aromatic carbocycles. The number of aromatic nitrogens is 2. The lowest BCUT2D eigenvalue weighted by molar-refractivity contribution is -0.116. The first kappa shape index (κ1) is 14.4. The number of rotatable bonds is 3. The predicted octanol–water partition coefficient (Wildman–Crippen LogP) is 0.722. The van der Waals surface area contributed by atoms with Gasteiger partial charge in [0.2, 0.25) is 0 Å². The van der Waals surface area contributed by atoms with Gasteiger partial charge in [0.05, 0.1) is 31.6 Å². The molecule has 108 valence electrons. The van der Waals surface area contributed by atoms with Crippen LogP contribution in [0.15, 0.2) is 12.4 Å². The van der Waals surface area contributed by atoms with Gasteiger partial charge in [0.25, 0.3) is 5.91 Å². The maximum atomic E-state index is 11.8. The normalized spacial score (nSPS) is 21.9. The number of nitrogens with one attached hydrogen (secondary N) is 2. The number of carbonyl (C=O) groups is 1. The highest BCUT2D eigenvalue weighted by atomic mass is 16.5. The van der Waals surface area contributed by atoms with Gasteiger partial charge in [-0.1, -0.05) is 5.92 Å². The van der Waals surface area contributed by atoms with Crippen LogP contribution in [0.5, 0.6) is 5.75 Å². The molecule has 1 saturated heterocycles. The second-order valence-corrected chi connectivity index (χ2v) is 5.71. The van der Waals surface area contributed by atoms with Gasteiger partial charge < -0.3 is 14.8 Å². The van der Waals surface area contributed by atoms with Crippen LogP contribution in [0.4, 0.5) is 0 Å². The van der Waals surface area contributed by atoms with Crippen molar-refractivity contribution in [3.63, 3.8) is 0 Å². The molecule has 1 aromatic heterocycles. The van der Waals surface area contributed by atoms with Crippen LogP contribution in [-0.2, 0) is 9.53 Å². The molecule has 0 bridgehead atoms. The molecule has 6 nitrogen and oxygen atoms in total. The van der Waals surface area contributed by atoms with E-state index < -0.39 is 0 Å². The lowest BCUT2D eigenvalue weighted by atomic mass is 9.98. The van der Waals surface area contributed by atoms with Gasteiger partial charge in [-0.15, -0.1) is 0 Å². The summed E-state index contributed by atoms with van der Waals surface area (Å²) in [6, 6.07) is -0.202. The highest BCUT2D eigenvalue weighted by Gasteiger charge is 2.31. The Morgan fingerprint density at radius 1 is 1.55 bits per heavy atom. The Bertz CT molecular complexity index is 508. The molecule has 20 heavy (non-hydrogen) atoms. The van der Waals surface area contributed by atoms with Crippen molar-refractivity contribution in [1.82, 2.24) is 15.5 Å². The second kappa shape index (κ2) is 5.97. The minimum atomic E-state index is -0.309. The summed E-state index contributed by atoms with van der Waals surface area (Å²) >= 11 is 0. The van der Waals surface area contributed by atoms with Crippen LogP contribution >= 0.6 is 0 Å². The molecule has 2 heterocycles. The van der Waals surface area contributed by atoms with Crippen LogP contribution < -0.4 is 10.1 Å². The van der Waals surface area contributed by atoms with Crippen LogP contribution in [0.1, 0.15) is 20.8 Å². The quantitative estimate of drug-likeness (QED) is 0.798. The number of H-pyrrole nitrogens is 1. The van der Waals surface area contributed by atoms with Crippen LogP contribution in [0.3, 0.4) is 0 Å². The molecular formula is C14H19N3O3. The predicted molar refractivity (Wildman–Crippen MR) is 73.0 cm³/mol. The molecular weight excluding hydrogens is 258 g/mol. The summed E-state index contributed by atoms with van der Waals surface area (Å²) < 4.78 is 11.0. The maximum absolute atomic E-state index is 11.8. The minimum Gasteiger partial charge on any atom is -0.482 e. The van der Waals surface area contributed by atoms with Crippen molar-refractivity contribution in [2.45, 2.75) is 32.9 Å². The van der Waals surface area contributed by atoms with E-state index in [-0.39, 0.29) is 23.5 Å². The SMILES string of the molecule is CC(C)(C)C#CC(=O)N[C@H]1COC[C@H]1Oc1cn[nH]c1. The van der Waals surface area contributed by atoms with Crippen molar-refractivity contribution < 1.29 is 14.3 Å². The standard InChI is InChI=1S/C14H19N3O3/c1-14(2,3)5-4-13(18)17-11-8-19-9-12(11)20-10-6-15-16-7-10/h6-7,11-12H,8-9H2,1-3H3,(H,15,16)(H,17,18)/t11-,12+/m0/s1. The van der Waals surface area contributed by atoms with Crippen LogP contribution in [0.2, 0.25) is 0 Å². The summed E-state index contributed by atoms with van der Waals surface area (Å²) in [4.78, 5) is 11.8. The summed E-state index contributed by atoms with van der Waals surface area (Å²) in [5, 5.41) is 9.30. The van der Waals surface area contributed by atoms with E-state index in [1.807, 2.05) is 20.8 Å². The molecule has 2 atom stereocenters. The third-order valence-corrected chi connectivity index (χ3v) is 2.66. The summed E-state index contributed by atoms with van der Waals surface area (Å²) in [5.41, 5.74) is -0.198. The topological polar surface area (TPSA) is 76.2 Å². The van der Waals surface area contributed by atoms with Crippen molar-refractivity contribution in [3.8, 4) is 17.6 Å². The molecule has 1 amide bonds. The van der Waals surface area contributed by atoms with E-state index in [1.165, 1.54) is 0 Å². The highest BCUT2D eigenvalue weighted by molar-refractivity contribution is 5.93. The zero-order valence-corrected chi connectivity index (χ0v) is 11.9. The monoisotopic (exact) mass is 277 g/mol. The van der Waals surface area contributed by atoms with E-state index in [2.05, 4.69) is 27.4 Å². The smallest absolute Gasteiger partial charge is 0.296 e. The van der Waals surface area contributed by atoms with Crippen LogP contribution in [-0.4, -0.2) is 41.5 Å². The van der Waals surface area contributed by atoms with Gasteiger partial charge in [0.15, 0.2) is 5.75 Å². The third kappa shape index (κ3) is 4.28. The average molecular weight is 277 g/mol. The van der Waals surface area contributed by atoms with E-state index >= 15 is 0 Å². The van der Waals surface area contributed by atoms with E-state index in [1.54, 1.807) is 12.4 Å². The van der Waals surface area contributed by atoms with Crippen molar-refractivity contribution >= 4 is 5.91 Å². The fourth-order valence-electron chi connectivity index (χ4n) is 1.71. The summed E-state index contributed by atoms with van der Waals surface area (Å²) in [5.74, 6) is 5.81. The largest absolute Gasteiger partial charge is 0.482 e. The van der Waals surface area contributed by atoms with Gasteiger partial charge >= 0.3 is 0 Å². The van der Waals surface area contributed by atoms with E-state index in [9.17, 15) is 4.79 Å². The van der Waals surface area contributed by atoms with Crippen molar-refractivity contribution in [1.29, 1.82) is 0 Å².